The Labute approximate surface area is 166 Å². The number of hydrogen-bond acceptors (Lipinski definition) is 4. The lowest BCUT2D eigenvalue weighted by atomic mass is 10.0. The Kier molecular flexibility index (Phi) is 5.09. The van der Waals surface area contributed by atoms with Crippen molar-refractivity contribution >= 4 is 38.6 Å². The summed E-state index contributed by atoms with van der Waals surface area (Å²) in [5.41, 5.74) is 7.66. The summed E-state index contributed by atoms with van der Waals surface area (Å²) in [4.78, 5) is 21.3. The van der Waals surface area contributed by atoms with Crippen molar-refractivity contribution in [2.45, 2.75) is 6.04 Å². The Bertz CT molecular complexity index is 952. The van der Waals surface area contributed by atoms with Gasteiger partial charge in [0.1, 0.15) is 11.9 Å². The number of primary amides is 1. The third-order valence-electron chi connectivity index (χ3n) is 5.04. The molecule has 1 aromatic heterocycles. The number of nitrogens with zero attached hydrogens (tertiary/aromatic N) is 3. The van der Waals surface area contributed by atoms with Gasteiger partial charge in [0.25, 0.3) is 0 Å². The second kappa shape index (κ2) is 7.66. The van der Waals surface area contributed by atoms with Gasteiger partial charge in [0, 0.05) is 36.0 Å². The Morgan fingerprint density at radius 3 is 2.37 bits per heavy atom. The molecule has 3 aromatic rings. The molecule has 27 heavy (non-hydrogen) atoms. The number of piperazine rings is 1. The molecule has 4 rings (SSSR count). The Balaban J connectivity index is 1.49. The Morgan fingerprint density at radius 1 is 0.963 bits per heavy atom. The monoisotopic (exact) mass is 424 g/mol. The third-order valence-corrected chi connectivity index (χ3v) is 5.57. The van der Waals surface area contributed by atoms with Gasteiger partial charge in [-0.3, -0.25) is 9.69 Å². The highest BCUT2D eigenvalue weighted by atomic mass is 79.9. The van der Waals surface area contributed by atoms with E-state index < -0.39 is 6.04 Å². The zero-order valence-electron chi connectivity index (χ0n) is 14.9. The zero-order chi connectivity index (χ0) is 18.8. The summed E-state index contributed by atoms with van der Waals surface area (Å²) >= 11 is 3.44. The Morgan fingerprint density at radius 2 is 1.67 bits per heavy atom. The van der Waals surface area contributed by atoms with Crippen molar-refractivity contribution in [1.82, 2.24) is 9.88 Å². The van der Waals surface area contributed by atoms with Crippen LogP contribution in [0.25, 0.3) is 10.9 Å². The van der Waals surface area contributed by atoms with E-state index in [4.69, 9.17) is 10.7 Å². The van der Waals surface area contributed by atoms with Crippen LogP contribution in [0.2, 0.25) is 0 Å². The van der Waals surface area contributed by atoms with Crippen molar-refractivity contribution in [3.63, 3.8) is 0 Å². The number of hydrogen-bond donors (Lipinski definition) is 1. The van der Waals surface area contributed by atoms with E-state index in [1.807, 2.05) is 42.5 Å². The summed E-state index contributed by atoms with van der Waals surface area (Å²) in [6, 6.07) is 19.7. The van der Waals surface area contributed by atoms with E-state index in [0.29, 0.717) is 0 Å². The first-order valence-corrected chi connectivity index (χ1v) is 9.81. The summed E-state index contributed by atoms with van der Waals surface area (Å²) in [5.74, 6) is 0.669. The van der Waals surface area contributed by atoms with Gasteiger partial charge in [0.2, 0.25) is 5.91 Å². The SMILES string of the molecule is NC(=O)C(c1ccc(Br)cc1)N1CCN(c2ccc3ccccc3n2)CC1. The molecule has 1 amide bonds. The predicted molar refractivity (Wildman–Crippen MR) is 112 cm³/mol. The molecule has 2 N–H and O–H groups in total. The lowest BCUT2D eigenvalue weighted by Gasteiger charge is -2.38. The number of carbonyl (C=O) groups is 1. The molecule has 0 radical (unpaired) electrons. The summed E-state index contributed by atoms with van der Waals surface area (Å²) in [6.07, 6.45) is 0. The molecule has 138 valence electrons. The van der Waals surface area contributed by atoms with Crippen molar-refractivity contribution < 1.29 is 4.79 Å². The summed E-state index contributed by atoms with van der Waals surface area (Å²) in [7, 11) is 0. The van der Waals surface area contributed by atoms with E-state index in [9.17, 15) is 4.79 Å². The molecular weight excluding hydrogens is 404 g/mol. The first-order valence-electron chi connectivity index (χ1n) is 9.01. The smallest absolute Gasteiger partial charge is 0.239 e. The van der Waals surface area contributed by atoms with Crippen molar-refractivity contribution in [2.75, 3.05) is 31.1 Å². The van der Waals surface area contributed by atoms with E-state index >= 15 is 0 Å². The molecule has 0 saturated carbocycles. The highest BCUT2D eigenvalue weighted by molar-refractivity contribution is 9.10. The second-order valence-corrected chi connectivity index (χ2v) is 7.66. The molecular formula is C21H21BrN4O. The number of rotatable bonds is 4. The van der Waals surface area contributed by atoms with Gasteiger partial charge in [-0.05, 0) is 35.9 Å². The largest absolute Gasteiger partial charge is 0.368 e. The first kappa shape index (κ1) is 17.9. The van der Waals surface area contributed by atoms with Crippen molar-refractivity contribution in [2.24, 2.45) is 5.73 Å². The number of amides is 1. The lowest BCUT2D eigenvalue weighted by molar-refractivity contribution is -0.123. The van der Waals surface area contributed by atoms with Crippen molar-refractivity contribution in [1.29, 1.82) is 0 Å². The minimum atomic E-state index is -0.398. The molecule has 1 atom stereocenters. The van der Waals surface area contributed by atoms with Crippen LogP contribution in [0.5, 0.6) is 0 Å². The molecule has 6 heteroatoms. The average molecular weight is 425 g/mol. The highest BCUT2D eigenvalue weighted by Crippen LogP contribution is 2.25. The van der Waals surface area contributed by atoms with Crippen LogP contribution in [0.1, 0.15) is 11.6 Å². The van der Waals surface area contributed by atoms with Crippen LogP contribution >= 0.6 is 15.9 Å². The van der Waals surface area contributed by atoms with E-state index in [1.165, 1.54) is 0 Å². The number of anilines is 1. The number of pyridine rings is 1. The third kappa shape index (κ3) is 3.82. The number of benzene rings is 2. The van der Waals surface area contributed by atoms with Gasteiger partial charge in [-0.1, -0.05) is 46.3 Å². The number of carbonyl (C=O) groups excluding carboxylic acids is 1. The predicted octanol–water partition coefficient (Wildman–Crippen LogP) is 3.35. The van der Waals surface area contributed by atoms with Crippen molar-refractivity contribution in [3.05, 3.63) is 70.7 Å². The van der Waals surface area contributed by atoms with Gasteiger partial charge in [-0.2, -0.15) is 0 Å². The molecule has 1 aliphatic heterocycles. The normalized spacial score (nSPS) is 16.4. The molecule has 2 aromatic carbocycles. The maximum absolute atomic E-state index is 12.1. The number of para-hydroxylation sites is 1. The fraction of sp³-hybridized carbons (Fsp3) is 0.238. The molecule has 0 aliphatic carbocycles. The van der Waals surface area contributed by atoms with E-state index in [-0.39, 0.29) is 5.91 Å². The van der Waals surface area contributed by atoms with Crippen LogP contribution in [-0.2, 0) is 4.79 Å². The van der Waals surface area contributed by atoms with Crippen LogP contribution in [0.3, 0.4) is 0 Å². The highest BCUT2D eigenvalue weighted by Gasteiger charge is 2.29. The summed E-state index contributed by atoms with van der Waals surface area (Å²) in [6.45, 7) is 3.15. The molecule has 0 spiro atoms. The van der Waals surface area contributed by atoms with Gasteiger partial charge in [-0.25, -0.2) is 4.98 Å². The second-order valence-electron chi connectivity index (χ2n) is 6.74. The topological polar surface area (TPSA) is 62.5 Å². The fourth-order valence-corrected chi connectivity index (χ4v) is 3.91. The van der Waals surface area contributed by atoms with Gasteiger partial charge in [0.15, 0.2) is 0 Å². The average Bonchev–Trinajstić information content (AvgIpc) is 2.69. The zero-order valence-corrected chi connectivity index (χ0v) is 16.5. The number of halogens is 1. The molecule has 2 heterocycles. The summed E-state index contributed by atoms with van der Waals surface area (Å²) in [5, 5.41) is 1.14. The molecule has 0 bridgehead atoms. The molecule has 5 nitrogen and oxygen atoms in total. The quantitative estimate of drug-likeness (QED) is 0.697. The minimum absolute atomic E-state index is 0.311. The number of fused-ring (bicyclic) bond motifs is 1. The first-order chi connectivity index (χ1) is 13.1. The maximum atomic E-state index is 12.1. The summed E-state index contributed by atoms with van der Waals surface area (Å²) < 4.78 is 0.988. The molecule has 1 aliphatic rings. The van der Waals surface area contributed by atoms with E-state index in [2.05, 4.69) is 43.9 Å². The van der Waals surface area contributed by atoms with Crippen LogP contribution < -0.4 is 10.6 Å². The molecule has 1 unspecified atom stereocenters. The van der Waals surface area contributed by atoms with Crippen LogP contribution in [-0.4, -0.2) is 42.0 Å². The Hall–Kier alpha value is -2.44. The standard InChI is InChI=1S/C21H21BrN4O/c22-17-8-5-16(6-9-17)20(21(23)27)26-13-11-25(12-14-26)19-10-7-15-3-1-2-4-18(15)24-19/h1-10,20H,11-14H2,(H2,23,27). The van der Waals surface area contributed by atoms with Crippen LogP contribution in [0.4, 0.5) is 5.82 Å². The molecule has 1 saturated heterocycles. The van der Waals surface area contributed by atoms with Gasteiger partial charge in [0.05, 0.1) is 5.52 Å². The molecule has 1 fully saturated rings. The number of nitrogens with two attached hydrogens (primary N) is 1. The lowest BCUT2D eigenvalue weighted by Crippen LogP contribution is -2.50. The van der Waals surface area contributed by atoms with E-state index in [1.54, 1.807) is 0 Å². The number of aromatic nitrogens is 1. The fourth-order valence-electron chi connectivity index (χ4n) is 3.64. The van der Waals surface area contributed by atoms with Gasteiger partial charge in [-0.15, -0.1) is 0 Å². The van der Waals surface area contributed by atoms with Crippen LogP contribution in [0, 0.1) is 0 Å². The minimum Gasteiger partial charge on any atom is -0.368 e. The van der Waals surface area contributed by atoms with Gasteiger partial charge >= 0.3 is 0 Å². The van der Waals surface area contributed by atoms with Gasteiger partial charge < -0.3 is 10.6 Å². The van der Waals surface area contributed by atoms with E-state index in [0.717, 1.165) is 52.9 Å². The van der Waals surface area contributed by atoms with Crippen LogP contribution in [0.15, 0.2) is 65.1 Å². The van der Waals surface area contributed by atoms with Crippen molar-refractivity contribution in [3.8, 4) is 0 Å². The maximum Gasteiger partial charge on any atom is 0.239 e.